The summed E-state index contributed by atoms with van der Waals surface area (Å²) in [6, 6.07) is 15.7. The number of ether oxygens (including phenoxy) is 1. The number of benzene rings is 2. The highest BCUT2D eigenvalue weighted by Gasteiger charge is 2.17. The smallest absolute Gasteiger partial charge is 0.341 e. The van der Waals surface area contributed by atoms with Gasteiger partial charge in [-0.3, -0.25) is 4.98 Å². The van der Waals surface area contributed by atoms with Crippen molar-refractivity contribution in [3.8, 4) is 0 Å². The van der Waals surface area contributed by atoms with Crippen LogP contribution in [-0.4, -0.2) is 17.6 Å². The molecule has 4 heteroatoms. The number of nitrogens with zero attached hydrogens (tertiary/aromatic N) is 1. The van der Waals surface area contributed by atoms with E-state index in [1.807, 2.05) is 55.5 Å². The molecule has 0 atom stereocenters. The van der Waals surface area contributed by atoms with Crippen molar-refractivity contribution < 1.29 is 9.53 Å². The van der Waals surface area contributed by atoms with E-state index in [2.05, 4.69) is 10.3 Å². The maximum absolute atomic E-state index is 12.3. The van der Waals surface area contributed by atoms with Gasteiger partial charge < -0.3 is 10.1 Å². The second-order valence-corrected chi connectivity index (χ2v) is 5.22. The lowest BCUT2D eigenvalue weighted by atomic mass is 10.1. The van der Waals surface area contributed by atoms with Gasteiger partial charge in [0.15, 0.2) is 0 Å². The van der Waals surface area contributed by atoms with E-state index in [-0.39, 0.29) is 5.97 Å². The highest BCUT2D eigenvalue weighted by molar-refractivity contribution is 6.06. The molecule has 116 valence electrons. The summed E-state index contributed by atoms with van der Waals surface area (Å²) in [7, 11) is 0. The number of nitrogens with one attached hydrogen (secondary N) is 1. The van der Waals surface area contributed by atoms with Gasteiger partial charge in [-0.2, -0.15) is 0 Å². The van der Waals surface area contributed by atoms with Crippen molar-refractivity contribution in [3.63, 3.8) is 0 Å². The number of hydrogen-bond donors (Lipinski definition) is 1. The Morgan fingerprint density at radius 3 is 2.65 bits per heavy atom. The standard InChI is InChI=1S/C19H18N2O2/c1-3-23-19(22)15-12-20-17-11-7-5-9-14(17)18(15)21-16-10-6-4-8-13(16)2/h4-12H,3H2,1-2H3,(H,20,21). The SMILES string of the molecule is CCOC(=O)c1cnc2ccccc2c1Nc1ccccc1C. The van der Waals surface area contributed by atoms with E-state index in [9.17, 15) is 4.79 Å². The minimum atomic E-state index is -0.373. The van der Waals surface area contributed by atoms with Crippen LogP contribution >= 0.6 is 0 Å². The third kappa shape index (κ3) is 3.01. The molecule has 0 saturated heterocycles. The lowest BCUT2D eigenvalue weighted by Crippen LogP contribution is -2.09. The molecule has 0 amide bonds. The lowest BCUT2D eigenvalue weighted by molar-refractivity contribution is 0.0527. The van der Waals surface area contributed by atoms with E-state index < -0.39 is 0 Å². The quantitative estimate of drug-likeness (QED) is 0.723. The van der Waals surface area contributed by atoms with Gasteiger partial charge in [0.1, 0.15) is 5.56 Å². The molecule has 4 nitrogen and oxygen atoms in total. The third-order valence-corrected chi connectivity index (χ3v) is 3.68. The molecule has 0 bridgehead atoms. The summed E-state index contributed by atoms with van der Waals surface area (Å²) in [4.78, 5) is 16.7. The van der Waals surface area contributed by atoms with Crippen LogP contribution in [0.5, 0.6) is 0 Å². The summed E-state index contributed by atoms with van der Waals surface area (Å²) in [6.07, 6.45) is 1.57. The fraction of sp³-hybridized carbons (Fsp3) is 0.158. The van der Waals surface area contributed by atoms with E-state index in [0.29, 0.717) is 12.2 Å². The number of para-hydroxylation sites is 2. The molecule has 0 aliphatic heterocycles. The maximum Gasteiger partial charge on any atom is 0.341 e. The molecule has 23 heavy (non-hydrogen) atoms. The molecule has 1 N–H and O–H groups in total. The van der Waals surface area contributed by atoms with Crippen molar-refractivity contribution in [2.75, 3.05) is 11.9 Å². The maximum atomic E-state index is 12.3. The number of esters is 1. The predicted octanol–water partition coefficient (Wildman–Crippen LogP) is 4.46. The normalized spacial score (nSPS) is 10.5. The molecular weight excluding hydrogens is 288 g/mol. The highest BCUT2D eigenvalue weighted by Crippen LogP contribution is 2.30. The number of anilines is 2. The first-order chi connectivity index (χ1) is 11.2. The first-order valence-electron chi connectivity index (χ1n) is 7.58. The number of carbonyl (C=O) groups is 1. The Morgan fingerprint density at radius 2 is 1.87 bits per heavy atom. The van der Waals surface area contributed by atoms with Gasteiger partial charge in [0.2, 0.25) is 0 Å². The number of carbonyl (C=O) groups excluding carboxylic acids is 1. The molecule has 0 aliphatic rings. The Kier molecular flexibility index (Phi) is 4.24. The lowest BCUT2D eigenvalue weighted by Gasteiger charge is -2.15. The molecule has 0 saturated carbocycles. The van der Waals surface area contributed by atoms with Crippen LogP contribution in [0.2, 0.25) is 0 Å². The van der Waals surface area contributed by atoms with Crippen molar-refractivity contribution in [1.29, 1.82) is 0 Å². The summed E-state index contributed by atoms with van der Waals surface area (Å²) in [5.74, 6) is -0.373. The van der Waals surface area contributed by atoms with Crippen LogP contribution < -0.4 is 5.32 Å². The van der Waals surface area contributed by atoms with Crippen LogP contribution in [0.1, 0.15) is 22.8 Å². The predicted molar refractivity (Wildman–Crippen MR) is 92.2 cm³/mol. The van der Waals surface area contributed by atoms with Gasteiger partial charge >= 0.3 is 5.97 Å². The Balaban J connectivity index is 2.16. The van der Waals surface area contributed by atoms with E-state index in [0.717, 1.165) is 27.8 Å². The summed E-state index contributed by atoms with van der Waals surface area (Å²) in [5.41, 5.74) is 4.05. The Hall–Kier alpha value is -2.88. The van der Waals surface area contributed by atoms with Gasteiger partial charge in [-0.05, 0) is 31.5 Å². The monoisotopic (exact) mass is 306 g/mol. The molecule has 0 radical (unpaired) electrons. The summed E-state index contributed by atoms with van der Waals surface area (Å²) < 4.78 is 5.17. The molecular formula is C19H18N2O2. The van der Waals surface area contributed by atoms with E-state index >= 15 is 0 Å². The Labute approximate surface area is 135 Å². The van der Waals surface area contributed by atoms with Gasteiger partial charge in [0.25, 0.3) is 0 Å². The second-order valence-electron chi connectivity index (χ2n) is 5.22. The number of pyridine rings is 1. The van der Waals surface area contributed by atoms with Crippen LogP contribution in [0.3, 0.4) is 0 Å². The highest BCUT2D eigenvalue weighted by atomic mass is 16.5. The van der Waals surface area contributed by atoms with Crippen molar-refractivity contribution in [3.05, 3.63) is 65.9 Å². The number of rotatable bonds is 4. The fourth-order valence-corrected chi connectivity index (χ4v) is 2.49. The zero-order valence-electron chi connectivity index (χ0n) is 13.2. The molecule has 0 fully saturated rings. The van der Waals surface area contributed by atoms with Gasteiger partial charge in [-0.15, -0.1) is 0 Å². The fourth-order valence-electron chi connectivity index (χ4n) is 2.49. The van der Waals surface area contributed by atoms with Crippen molar-refractivity contribution in [2.45, 2.75) is 13.8 Å². The van der Waals surface area contributed by atoms with Crippen molar-refractivity contribution >= 4 is 28.2 Å². The second kappa shape index (κ2) is 6.48. The van der Waals surface area contributed by atoms with Crippen molar-refractivity contribution in [2.24, 2.45) is 0 Å². The first-order valence-corrected chi connectivity index (χ1v) is 7.58. The average molecular weight is 306 g/mol. The van der Waals surface area contributed by atoms with Crippen LogP contribution in [0.15, 0.2) is 54.7 Å². The molecule has 1 heterocycles. The molecule has 0 spiro atoms. The van der Waals surface area contributed by atoms with E-state index in [1.165, 1.54) is 0 Å². The number of aromatic nitrogens is 1. The average Bonchev–Trinajstić information content (AvgIpc) is 2.57. The number of fused-ring (bicyclic) bond motifs is 1. The Morgan fingerprint density at radius 1 is 1.13 bits per heavy atom. The molecule has 1 aromatic heterocycles. The molecule has 3 aromatic rings. The van der Waals surface area contributed by atoms with Gasteiger partial charge in [0.05, 0.1) is 17.8 Å². The summed E-state index contributed by atoms with van der Waals surface area (Å²) in [6.45, 7) is 4.14. The first kappa shape index (κ1) is 15.0. The molecule has 0 unspecified atom stereocenters. The summed E-state index contributed by atoms with van der Waals surface area (Å²) in [5, 5.41) is 4.27. The van der Waals surface area contributed by atoms with Crippen LogP contribution in [0.4, 0.5) is 11.4 Å². The molecule has 3 rings (SSSR count). The third-order valence-electron chi connectivity index (χ3n) is 3.68. The minimum Gasteiger partial charge on any atom is -0.462 e. The number of hydrogen-bond acceptors (Lipinski definition) is 4. The zero-order valence-corrected chi connectivity index (χ0v) is 13.2. The zero-order chi connectivity index (χ0) is 16.2. The van der Waals surface area contributed by atoms with Gasteiger partial charge in [-0.25, -0.2) is 4.79 Å². The van der Waals surface area contributed by atoms with Crippen molar-refractivity contribution in [1.82, 2.24) is 4.98 Å². The molecule has 2 aromatic carbocycles. The number of aryl methyl sites for hydroxylation is 1. The van der Waals surface area contributed by atoms with Crippen LogP contribution in [0, 0.1) is 6.92 Å². The summed E-state index contributed by atoms with van der Waals surface area (Å²) >= 11 is 0. The Bertz CT molecular complexity index is 859. The van der Waals surface area contributed by atoms with Gasteiger partial charge in [-0.1, -0.05) is 36.4 Å². The topological polar surface area (TPSA) is 51.2 Å². The van der Waals surface area contributed by atoms with Crippen LogP contribution in [0.25, 0.3) is 10.9 Å². The van der Waals surface area contributed by atoms with E-state index in [1.54, 1.807) is 13.1 Å². The minimum absolute atomic E-state index is 0.329. The van der Waals surface area contributed by atoms with E-state index in [4.69, 9.17) is 4.74 Å². The van der Waals surface area contributed by atoms with Crippen LogP contribution in [-0.2, 0) is 4.74 Å². The largest absolute Gasteiger partial charge is 0.462 e. The molecule has 0 aliphatic carbocycles. The van der Waals surface area contributed by atoms with Gasteiger partial charge in [0, 0.05) is 17.3 Å².